The first-order valence-corrected chi connectivity index (χ1v) is 7.82. The summed E-state index contributed by atoms with van der Waals surface area (Å²) in [7, 11) is 0. The maximum absolute atomic E-state index is 14.2. The molecule has 1 heterocycles. The van der Waals surface area contributed by atoms with E-state index < -0.39 is 22.7 Å². The number of hydrogen-bond acceptors (Lipinski definition) is 3. The molecule has 0 saturated heterocycles. The summed E-state index contributed by atoms with van der Waals surface area (Å²) in [5.41, 5.74) is -0.568. The third-order valence-corrected chi connectivity index (χ3v) is 4.62. The van der Waals surface area contributed by atoms with E-state index in [1.807, 2.05) is 0 Å². The molecule has 0 aliphatic heterocycles. The minimum Gasteiger partial charge on any atom is -0.354 e. The molecule has 0 atom stereocenters. The van der Waals surface area contributed by atoms with E-state index in [4.69, 9.17) is 0 Å². The van der Waals surface area contributed by atoms with Gasteiger partial charge in [-0.1, -0.05) is 18.9 Å². The Kier molecular flexibility index (Phi) is 4.46. The topological polar surface area (TPSA) is 79.8 Å². The zero-order valence-electron chi connectivity index (χ0n) is 13.0. The monoisotopic (exact) mass is 336 g/mol. The van der Waals surface area contributed by atoms with E-state index in [0.29, 0.717) is 5.56 Å². The fourth-order valence-electron chi connectivity index (χ4n) is 3.37. The summed E-state index contributed by atoms with van der Waals surface area (Å²) >= 11 is 0. The molecular weight excluding hydrogens is 318 g/mol. The number of halogens is 2. The molecule has 6 nitrogen and oxygen atoms in total. The summed E-state index contributed by atoms with van der Waals surface area (Å²) in [4.78, 5) is 23.4. The number of aromatic amines is 1. The molecule has 1 aromatic heterocycles. The molecule has 0 spiro atoms. The van der Waals surface area contributed by atoms with Crippen LogP contribution in [0.5, 0.6) is 0 Å². The first-order chi connectivity index (χ1) is 11.5. The summed E-state index contributed by atoms with van der Waals surface area (Å²) in [6, 6.07) is 3.58. The molecule has 2 N–H and O–H groups in total. The van der Waals surface area contributed by atoms with Crippen molar-refractivity contribution < 1.29 is 13.6 Å². The largest absolute Gasteiger partial charge is 0.354 e. The second-order valence-corrected chi connectivity index (χ2v) is 6.18. The smallest absolute Gasteiger partial charge is 0.343 e. The quantitative estimate of drug-likeness (QED) is 0.868. The van der Waals surface area contributed by atoms with Crippen molar-refractivity contribution >= 4 is 5.91 Å². The van der Waals surface area contributed by atoms with Crippen molar-refractivity contribution in [3.05, 3.63) is 52.2 Å². The van der Waals surface area contributed by atoms with Crippen molar-refractivity contribution in [3.8, 4) is 0 Å². The van der Waals surface area contributed by atoms with Gasteiger partial charge in [0.15, 0.2) is 0 Å². The number of nitrogens with zero attached hydrogens (tertiary/aromatic N) is 2. The fraction of sp³-hybridized carbons (Fsp3) is 0.438. The van der Waals surface area contributed by atoms with Gasteiger partial charge < -0.3 is 5.32 Å². The van der Waals surface area contributed by atoms with E-state index in [1.165, 1.54) is 18.5 Å². The van der Waals surface area contributed by atoms with Gasteiger partial charge in [0.1, 0.15) is 24.5 Å². The zero-order valence-corrected chi connectivity index (χ0v) is 13.0. The van der Waals surface area contributed by atoms with Crippen LogP contribution in [0.2, 0.25) is 0 Å². The molecule has 3 rings (SSSR count). The van der Waals surface area contributed by atoms with Gasteiger partial charge in [-0.05, 0) is 24.5 Å². The minimum absolute atomic E-state index is 0.155. The van der Waals surface area contributed by atoms with Gasteiger partial charge in [-0.15, -0.1) is 0 Å². The highest BCUT2D eigenvalue weighted by molar-refractivity contribution is 5.75. The van der Waals surface area contributed by atoms with Gasteiger partial charge in [0.2, 0.25) is 5.91 Å². The number of amides is 1. The minimum atomic E-state index is -0.618. The van der Waals surface area contributed by atoms with Gasteiger partial charge in [-0.2, -0.15) is 5.10 Å². The lowest BCUT2D eigenvalue weighted by molar-refractivity contribution is -0.122. The highest BCUT2D eigenvalue weighted by Crippen LogP contribution is 2.41. The van der Waals surface area contributed by atoms with Crippen molar-refractivity contribution in [2.45, 2.75) is 37.6 Å². The second kappa shape index (κ2) is 6.54. The number of nitrogens with one attached hydrogen (secondary N) is 2. The molecule has 128 valence electrons. The average molecular weight is 336 g/mol. The SMILES string of the molecule is O=C(Cn1cn[nH]c1=O)NCC1(c2ccc(F)cc2F)CCCC1. The summed E-state index contributed by atoms with van der Waals surface area (Å²) < 4.78 is 28.5. The average Bonchev–Trinajstić information content (AvgIpc) is 3.16. The molecule has 0 unspecified atom stereocenters. The van der Waals surface area contributed by atoms with Gasteiger partial charge in [0.25, 0.3) is 0 Å². The predicted octanol–water partition coefficient (Wildman–Crippen LogP) is 1.48. The zero-order chi connectivity index (χ0) is 17.2. The summed E-state index contributed by atoms with van der Waals surface area (Å²) in [5.74, 6) is -1.56. The molecule has 0 radical (unpaired) electrons. The van der Waals surface area contributed by atoms with Gasteiger partial charge >= 0.3 is 5.69 Å². The summed E-state index contributed by atoms with van der Waals surface area (Å²) in [5, 5.41) is 8.53. The third-order valence-electron chi connectivity index (χ3n) is 4.62. The molecule has 1 aliphatic rings. The third kappa shape index (κ3) is 3.22. The van der Waals surface area contributed by atoms with Crippen LogP contribution >= 0.6 is 0 Å². The number of benzene rings is 1. The van der Waals surface area contributed by atoms with Crippen LogP contribution in [-0.2, 0) is 16.8 Å². The van der Waals surface area contributed by atoms with E-state index in [-0.39, 0.29) is 19.0 Å². The Hall–Kier alpha value is -2.51. The van der Waals surface area contributed by atoms with E-state index in [1.54, 1.807) is 0 Å². The van der Waals surface area contributed by atoms with Crippen molar-refractivity contribution in [3.63, 3.8) is 0 Å². The van der Waals surface area contributed by atoms with Crippen molar-refractivity contribution in [1.82, 2.24) is 20.1 Å². The lowest BCUT2D eigenvalue weighted by Gasteiger charge is -2.30. The van der Waals surface area contributed by atoms with Crippen LogP contribution in [0.3, 0.4) is 0 Å². The van der Waals surface area contributed by atoms with E-state index >= 15 is 0 Å². The highest BCUT2D eigenvalue weighted by atomic mass is 19.1. The Labute approximate surface area is 136 Å². The Morgan fingerprint density at radius 2 is 2.08 bits per heavy atom. The van der Waals surface area contributed by atoms with E-state index in [9.17, 15) is 18.4 Å². The molecule has 8 heteroatoms. The highest BCUT2D eigenvalue weighted by Gasteiger charge is 2.38. The van der Waals surface area contributed by atoms with Gasteiger partial charge in [-0.3, -0.25) is 9.36 Å². The molecule has 2 aromatic rings. The van der Waals surface area contributed by atoms with Crippen LogP contribution in [0.1, 0.15) is 31.2 Å². The molecule has 1 fully saturated rings. The van der Waals surface area contributed by atoms with Crippen LogP contribution in [-0.4, -0.2) is 27.2 Å². The number of H-pyrrole nitrogens is 1. The standard InChI is InChI=1S/C16H18F2N4O2/c17-11-3-4-12(13(18)7-11)16(5-1-2-6-16)9-19-14(23)8-22-10-20-21-15(22)24/h3-4,7,10H,1-2,5-6,8-9H2,(H,19,23)(H,21,24). The lowest BCUT2D eigenvalue weighted by atomic mass is 9.78. The molecular formula is C16H18F2N4O2. The summed E-state index contributed by atoms with van der Waals surface area (Å²) in [6.45, 7) is 0.0955. The van der Waals surface area contributed by atoms with Crippen molar-refractivity contribution in [2.75, 3.05) is 6.54 Å². The predicted molar refractivity (Wildman–Crippen MR) is 82.4 cm³/mol. The Bertz CT molecular complexity index is 793. The molecule has 1 saturated carbocycles. The Balaban J connectivity index is 1.73. The van der Waals surface area contributed by atoms with Crippen LogP contribution in [0, 0.1) is 11.6 Å². The van der Waals surface area contributed by atoms with Crippen LogP contribution in [0.25, 0.3) is 0 Å². The van der Waals surface area contributed by atoms with Crippen molar-refractivity contribution in [2.24, 2.45) is 0 Å². The second-order valence-electron chi connectivity index (χ2n) is 6.18. The van der Waals surface area contributed by atoms with Gasteiger partial charge in [0.05, 0.1) is 0 Å². The number of hydrogen-bond donors (Lipinski definition) is 2. The number of rotatable bonds is 5. The number of carbonyl (C=O) groups is 1. The first kappa shape index (κ1) is 16.4. The van der Waals surface area contributed by atoms with Crippen LogP contribution in [0.4, 0.5) is 8.78 Å². The molecule has 24 heavy (non-hydrogen) atoms. The maximum Gasteiger partial charge on any atom is 0.343 e. The van der Waals surface area contributed by atoms with E-state index in [0.717, 1.165) is 36.3 Å². The molecule has 1 aliphatic carbocycles. The Morgan fingerprint density at radius 1 is 1.33 bits per heavy atom. The van der Waals surface area contributed by atoms with Crippen LogP contribution in [0.15, 0.2) is 29.3 Å². The molecule has 1 amide bonds. The Morgan fingerprint density at radius 3 is 2.71 bits per heavy atom. The fourth-order valence-corrected chi connectivity index (χ4v) is 3.37. The first-order valence-electron chi connectivity index (χ1n) is 7.82. The maximum atomic E-state index is 14.2. The number of carbonyl (C=O) groups excluding carboxylic acids is 1. The van der Waals surface area contributed by atoms with Crippen LogP contribution < -0.4 is 11.0 Å². The normalized spacial score (nSPS) is 16.2. The van der Waals surface area contributed by atoms with E-state index in [2.05, 4.69) is 15.5 Å². The summed E-state index contributed by atoms with van der Waals surface area (Å²) in [6.07, 6.45) is 4.54. The molecule has 1 aromatic carbocycles. The molecule has 0 bridgehead atoms. The van der Waals surface area contributed by atoms with Gasteiger partial charge in [0, 0.05) is 18.0 Å². The number of aromatic nitrogens is 3. The van der Waals surface area contributed by atoms with Crippen molar-refractivity contribution in [1.29, 1.82) is 0 Å². The lowest BCUT2D eigenvalue weighted by Crippen LogP contribution is -2.41. The van der Waals surface area contributed by atoms with Gasteiger partial charge in [-0.25, -0.2) is 18.7 Å².